The molecule has 0 aromatic carbocycles. The lowest BCUT2D eigenvalue weighted by Gasteiger charge is -2.25. The number of aromatic nitrogens is 3. The van der Waals surface area contributed by atoms with Crippen molar-refractivity contribution >= 4 is 0 Å². The van der Waals surface area contributed by atoms with E-state index in [0.29, 0.717) is 0 Å². The fraction of sp³-hybridized carbons (Fsp3) is 0.818. The highest BCUT2D eigenvalue weighted by Gasteiger charge is 2.09. The highest BCUT2D eigenvalue weighted by atomic mass is 15.4. The van der Waals surface area contributed by atoms with Gasteiger partial charge < -0.3 is 10.2 Å². The molecule has 1 aliphatic heterocycles. The van der Waals surface area contributed by atoms with Crippen LogP contribution >= 0.6 is 0 Å². The number of hydrogen-bond acceptors (Lipinski definition) is 4. The van der Waals surface area contributed by atoms with Crippen LogP contribution in [0.5, 0.6) is 0 Å². The number of nitrogens with one attached hydrogen (secondary N) is 1. The molecule has 1 saturated heterocycles. The molecule has 1 aromatic heterocycles. The van der Waals surface area contributed by atoms with Crippen molar-refractivity contribution in [3.8, 4) is 0 Å². The predicted molar refractivity (Wildman–Crippen MR) is 63.1 cm³/mol. The summed E-state index contributed by atoms with van der Waals surface area (Å²) in [7, 11) is 1.92. The molecular formula is C11H21N5. The van der Waals surface area contributed by atoms with Crippen LogP contribution in [0.3, 0.4) is 0 Å². The summed E-state index contributed by atoms with van der Waals surface area (Å²) in [5.41, 5.74) is 1.01. The maximum atomic E-state index is 4.12. The number of rotatable bonds is 5. The van der Waals surface area contributed by atoms with E-state index in [0.717, 1.165) is 25.3 Å². The van der Waals surface area contributed by atoms with Crippen molar-refractivity contribution in [1.29, 1.82) is 0 Å². The Hall–Kier alpha value is -0.940. The van der Waals surface area contributed by atoms with Gasteiger partial charge in [0.15, 0.2) is 0 Å². The van der Waals surface area contributed by atoms with Gasteiger partial charge in [-0.25, -0.2) is 0 Å². The van der Waals surface area contributed by atoms with E-state index in [2.05, 4.69) is 20.5 Å². The lowest BCUT2D eigenvalue weighted by Crippen LogP contribution is -2.32. The molecule has 90 valence electrons. The second-order valence-corrected chi connectivity index (χ2v) is 4.41. The zero-order valence-corrected chi connectivity index (χ0v) is 10.0. The SMILES string of the molecule is CNCc1cn(CCN2CCCCC2)nn1. The molecule has 1 aromatic rings. The maximum absolute atomic E-state index is 4.12. The van der Waals surface area contributed by atoms with Gasteiger partial charge >= 0.3 is 0 Å². The normalized spacial score (nSPS) is 17.8. The first-order valence-corrected chi connectivity index (χ1v) is 6.14. The number of nitrogens with zero attached hydrogens (tertiary/aromatic N) is 4. The summed E-state index contributed by atoms with van der Waals surface area (Å²) in [4.78, 5) is 2.52. The molecule has 5 nitrogen and oxygen atoms in total. The molecule has 2 heterocycles. The highest BCUT2D eigenvalue weighted by Crippen LogP contribution is 2.08. The smallest absolute Gasteiger partial charge is 0.0964 e. The molecule has 5 heteroatoms. The monoisotopic (exact) mass is 223 g/mol. The molecule has 0 spiro atoms. The van der Waals surface area contributed by atoms with Gasteiger partial charge in [-0.05, 0) is 33.0 Å². The first-order valence-electron chi connectivity index (χ1n) is 6.14. The zero-order chi connectivity index (χ0) is 11.2. The summed E-state index contributed by atoms with van der Waals surface area (Å²) in [6, 6.07) is 0. The van der Waals surface area contributed by atoms with Crippen LogP contribution in [0.15, 0.2) is 6.20 Å². The third-order valence-corrected chi connectivity index (χ3v) is 3.04. The van der Waals surface area contributed by atoms with E-state index in [1.165, 1.54) is 32.4 Å². The van der Waals surface area contributed by atoms with Crippen molar-refractivity contribution < 1.29 is 0 Å². The first kappa shape index (κ1) is 11.5. The van der Waals surface area contributed by atoms with Gasteiger partial charge in [-0.3, -0.25) is 4.68 Å². The molecule has 2 rings (SSSR count). The largest absolute Gasteiger partial charge is 0.314 e. The lowest BCUT2D eigenvalue weighted by molar-refractivity contribution is 0.217. The van der Waals surface area contributed by atoms with Gasteiger partial charge in [-0.2, -0.15) is 0 Å². The number of hydrogen-bond donors (Lipinski definition) is 1. The van der Waals surface area contributed by atoms with Crippen LogP contribution in [0.1, 0.15) is 25.0 Å². The van der Waals surface area contributed by atoms with Crippen LogP contribution in [-0.4, -0.2) is 46.6 Å². The first-order chi connectivity index (χ1) is 7.88. The van der Waals surface area contributed by atoms with Crippen molar-refractivity contribution in [1.82, 2.24) is 25.2 Å². The molecule has 0 bridgehead atoms. The Morgan fingerprint density at radius 2 is 2.06 bits per heavy atom. The van der Waals surface area contributed by atoms with Crippen molar-refractivity contribution in [3.63, 3.8) is 0 Å². The van der Waals surface area contributed by atoms with Crippen molar-refractivity contribution in [2.45, 2.75) is 32.4 Å². The fourth-order valence-electron chi connectivity index (χ4n) is 2.14. The van der Waals surface area contributed by atoms with E-state index in [9.17, 15) is 0 Å². The molecular weight excluding hydrogens is 202 g/mol. The van der Waals surface area contributed by atoms with Crippen LogP contribution in [0.2, 0.25) is 0 Å². The van der Waals surface area contributed by atoms with Crippen LogP contribution < -0.4 is 5.32 Å². The highest BCUT2D eigenvalue weighted by molar-refractivity contribution is 4.91. The minimum atomic E-state index is 0.795. The second-order valence-electron chi connectivity index (χ2n) is 4.41. The van der Waals surface area contributed by atoms with Gasteiger partial charge in [0, 0.05) is 19.3 Å². The third-order valence-electron chi connectivity index (χ3n) is 3.04. The third kappa shape index (κ3) is 3.28. The molecule has 0 atom stereocenters. The predicted octanol–water partition coefficient (Wildman–Crippen LogP) is 0.483. The topological polar surface area (TPSA) is 46.0 Å². The molecule has 0 unspecified atom stereocenters. The molecule has 1 fully saturated rings. The summed E-state index contributed by atoms with van der Waals surface area (Å²) >= 11 is 0. The molecule has 0 radical (unpaired) electrons. The van der Waals surface area contributed by atoms with Crippen LogP contribution in [0, 0.1) is 0 Å². The van der Waals surface area contributed by atoms with E-state index in [-0.39, 0.29) is 0 Å². The second kappa shape index (κ2) is 5.96. The van der Waals surface area contributed by atoms with Crippen molar-refractivity contribution in [2.24, 2.45) is 0 Å². The van der Waals surface area contributed by atoms with Crippen molar-refractivity contribution in [2.75, 3.05) is 26.7 Å². The van der Waals surface area contributed by atoms with Crippen molar-refractivity contribution in [3.05, 3.63) is 11.9 Å². The van der Waals surface area contributed by atoms with E-state index < -0.39 is 0 Å². The number of likely N-dealkylation sites (tertiary alicyclic amines) is 1. The summed E-state index contributed by atoms with van der Waals surface area (Å²) in [6.07, 6.45) is 6.12. The summed E-state index contributed by atoms with van der Waals surface area (Å²) in [5, 5.41) is 11.3. The summed E-state index contributed by atoms with van der Waals surface area (Å²) in [5.74, 6) is 0. The van der Waals surface area contributed by atoms with E-state index in [1.54, 1.807) is 0 Å². The molecule has 1 aliphatic rings. The van der Waals surface area contributed by atoms with E-state index in [1.807, 2.05) is 17.9 Å². The molecule has 0 amide bonds. The molecule has 0 saturated carbocycles. The van der Waals surface area contributed by atoms with Crippen LogP contribution in [0.4, 0.5) is 0 Å². The van der Waals surface area contributed by atoms with Gasteiger partial charge in [-0.15, -0.1) is 5.10 Å². The van der Waals surface area contributed by atoms with Gasteiger partial charge in [0.2, 0.25) is 0 Å². The zero-order valence-electron chi connectivity index (χ0n) is 10.0. The quantitative estimate of drug-likeness (QED) is 0.789. The van der Waals surface area contributed by atoms with Gasteiger partial charge in [-0.1, -0.05) is 11.6 Å². The lowest BCUT2D eigenvalue weighted by atomic mass is 10.1. The number of piperidine rings is 1. The Morgan fingerprint density at radius 1 is 1.25 bits per heavy atom. The fourth-order valence-corrected chi connectivity index (χ4v) is 2.14. The minimum absolute atomic E-state index is 0.795. The van der Waals surface area contributed by atoms with E-state index in [4.69, 9.17) is 0 Å². The Balaban J connectivity index is 1.75. The summed E-state index contributed by atoms with van der Waals surface area (Å²) < 4.78 is 1.95. The van der Waals surface area contributed by atoms with Gasteiger partial charge in [0.25, 0.3) is 0 Å². The molecule has 1 N–H and O–H groups in total. The standard InChI is InChI=1S/C11H21N5/c1-12-9-11-10-16(14-13-11)8-7-15-5-3-2-4-6-15/h10,12H,2-9H2,1H3. The molecule has 16 heavy (non-hydrogen) atoms. The van der Waals surface area contributed by atoms with Crippen LogP contribution in [-0.2, 0) is 13.1 Å². The average Bonchev–Trinajstić information content (AvgIpc) is 2.76. The Kier molecular flexibility index (Phi) is 4.30. The Labute approximate surface area is 96.8 Å². The Morgan fingerprint density at radius 3 is 2.81 bits per heavy atom. The Bertz CT molecular complexity index is 303. The average molecular weight is 223 g/mol. The molecule has 0 aliphatic carbocycles. The van der Waals surface area contributed by atoms with E-state index >= 15 is 0 Å². The van der Waals surface area contributed by atoms with Crippen LogP contribution in [0.25, 0.3) is 0 Å². The van der Waals surface area contributed by atoms with Gasteiger partial charge in [0.1, 0.15) is 0 Å². The minimum Gasteiger partial charge on any atom is -0.314 e. The van der Waals surface area contributed by atoms with Gasteiger partial charge in [0.05, 0.1) is 12.2 Å². The summed E-state index contributed by atoms with van der Waals surface area (Å²) in [6.45, 7) is 5.35. The maximum Gasteiger partial charge on any atom is 0.0964 e.